The van der Waals surface area contributed by atoms with Gasteiger partial charge in [0, 0.05) is 25.5 Å². The van der Waals surface area contributed by atoms with Crippen molar-refractivity contribution in [1.82, 2.24) is 14.9 Å². The largest absolute Gasteiger partial charge is 0.486 e. The number of hydrogen-bond acceptors (Lipinski definition) is 4. The molecule has 0 saturated heterocycles. The molecule has 0 spiro atoms. The number of carbonyl (C=O) groups excluding carboxylic acids is 1. The van der Waals surface area contributed by atoms with Crippen LogP contribution >= 0.6 is 0 Å². The number of ether oxygens (including phenoxy) is 1. The number of aryl methyl sites for hydroxylation is 1. The molecule has 0 unspecified atom stereocenters. The van der Waals surface area contributed by atoms with Crippen molar-refractivity contribution in [2.24, 2.45) is 0 Å². The van der Waals surface area contributed by atoms with Gasteiger partial charge in [-0.1, -0.05) is 0 Å². The van der Waals surface area contributed by atoms with E-state index in [1.807, 2.05) is 10.8 Å². The van der Waals surface area contributed by atoms with Crippen LogP contribution in [0.15, 0.2) is 59.5 Å². The summed E-state index contributed by atoms with van der Waals surface area (Å²) in [7, 11) is 0. The summed E-state index contributed by atoms with van der Waals surface area (Å²) in [5.74, 6) is 0.701. The minimum atomic E-state index is -0.322. The molecular formula is C18H18FN3O3. The van der Waals surface area contributed by atoms with Crippen LogP contribution < -0.4 is 10.1 Å². The highest BCUT2D eigenvalue weighted by atomic mass is 19.1. The van der Waals surface area contributed by atoms with E-state index in [0.717, 1.165) is 13.0 Å². The van der Waals surface area contributed by atoms with Crippen molar-refractivity contribution in [1.29, 1.82) is 0 Å². The van der Waals surface area contributed by atoms with Crippen molar-refractivity contribution in [3.63, 3.8) is 0 Å². The lowest BCUT2D eigenvalue weighted by Gasteiger charge is -2.05. The van der Waals surface area contributed by atoms with Crippen LogP contribution in [0.1, 0.15) is 22.7 Å². The number of rotatable bonds is 8. The van der Waals surface area contributed by atoms with Gasteiger partial charge in [0.05, 0.1) is 6.33 Å². The Kier molecular flexibility index (Phi) is 5.46. The van der Waals surface area contributed by atoms with Gasteiger partial charge in [0.2, 0.25) is 0 Å². The van der Waals surface area contributed by atoms with Gasteiger partial charge in [0.25, 0.3) is 5.91 Å². The number of furan rings is 1. The summed E-state index contributed by atoms with van der Waals surface area (Å²) < 4.78 is 25.7. The first-order valence-electron chi connectivity index (χ1n) is 7.92. The first-order chi connectivity index (χ1) is 12.2. The Morgan fingerprint density at radius 2 is 2.08 bits per heavy atom. The van der Waals surface area contributed by atoms with Crippen molar-refractivity contribution in [3.8, 4) is 5.75 Å². The highest BCUT2D eigenvalue weighted by molar-refractivity contribution is 5.91. The fraction of sp³-hybridized carbons (Fsp3) is 0.222. The number of halogens is 1. The molecular weight excluding hydrogens is 325 g/mol. The molecule has 0 aliphatic rings. The molecule has 1 N–H and O–H groups in total. The van der Waals surface area contributed by atoms with Crippen molar-refractivity contribution in [3.05, 3.63) is 72.5 Å². The van der Waals surface area contributed by atoms with Gasteiger partial charge in [-0.05, 0) is 42.8 Å². The van der Waals surface area contributed by atoms with Gasteiger partial charge in [0.15, 0.2) is 5.76 Å². The van der Waals surface area contributed by atoms with Crippen LogP contribution in [0.4, 0.5) is 4.39 Å². The SMILES string of the molecule is O=C(NCCCn1ccnc1)c1ccc(COc2ccc(F)cc2)o1. The average molecular weight is 343 g/mol. The van der Waals surface area contributed by atoms with Gasteiger partial charge in [-0.15, -0.1) is 0 Å². The third-order valence-electron chi connectivity index (χ3n) is 3.52. The Labute approximate surface area is 144 Å². The molecule has 7 heteroatoms. The topological polar surface area (TPSA) is 69.3 Å². The van der Waals surface area contributed by atoms with Crippen LogP contribution in [0.3, 0.4) is 0 Å². The van der Waals surface area contributed by atoms with E-state index in [9.17, 15) is 9.18 Å². The molecule has 0 saturated carbocycles. The highest BCUT2D eigenvalue weighted by Gasteiger charge is 2.11. The molecule has 2 aromatic heterocycles. The molecule has 2 heterocycles. The number of aromatic nitrogens is 2. The predicted octanol–water partition coefficient (Wildman–Crippen LogP) is 3.01. The van der Waals surface area contributed by atoms with Gasteiger partial charge in [-0.2, -0.15) is 0 Å². The summed E-state index contributed by atoms with van der Waals surface area (Å²) in [4.78, 5) is 16.0. The standard InChI is InChI=1S/C18H18FN3O3/c19-14-2-4-15(5-3-14)24-12-16-6-7-17(25-16)18(23)21-8-1-10-22-11-9-20-13-22/h2-7,9,11,13H,1,8,10,12H2,(H,21,23). The lowest BCUT2D eigenvalue weighted by Crippen LogP contribution is -2.24. The van der Waals surface area contributed by atoms with Gasteiger partial charge in [-0.3, -0.25) is 4.79 Å². The molecule has 1 aromatic carbocycles. The first kappa shape index (κ1) is 16.8. The number of hydrogen-bond donors (Lipinski definition) is 1. The second-order valence-electron chi connectivity index (χ2n) is 5.42. The summed E-state index contributed by atoms with van der Waals surface area (Å²) in [6.45, 7) is 1.49. The van der Waals surface area contributed by atoms with E-state index < -0.39 is 0 Å². The lowest BCUT2D eigenvalue weighted by molar-refractivity contribution is 0.0921. The third-order valence-corrected chi connectivity index (χ3v) is 3.52. The summed E-state index contributed by atoms with van der Waals surface area (Å²) >= 11 is 0. The number of imidazole rings is 1. The van der Waals surface area contributed by atoms with E-state index in [1.54, 1.807) is 24.7 Å². The molecule has 3 aromatic rings. The van der Waals surface area contributed by atoms with Gasteiger partial charge in [-0.25, -0.2) is 9.37 Å². The van der Waals surface area contributed by atoms with Gasteiger partial charge < -0.3 is 19.0 Å². The van der Waals surface area contributed by atoms with Gasteiger partial charge in [0.1, 0.15) is 23.9 Å². The number of amides is 1. The molecule has 3 rings (SSSR count). The van der Waals surface area contributed by atoms with Crippen LogP contribution in [-0.2, 0) is 13.2 Å². The number of nitrogens with zero attached hydrogens (tertiary/aromatic N) is 2. The molecule has 0 radical (unpaired) electrons. The van der Waals surface area contributed by atoms with Crippen molar-refractivity contribution < 1.29 is 18.3 Å². The maximum atomic E-state index is 12.8. The third kappa shape index (κ3) is 4.94. The first-order valence-corrected chi connectivity index (χ1v) is 7.92. The molecule has 130 valence electrons. The monoisotopic (exact) mass is 343 g/mol. The zero-order valence-corrected chi connectivity index (χ0v) is 13.5. The van der Waals surface area contributed by atoms with Crippen molar-refractivity contribution in [2.45, 2.75) is 19.6 Å². The van der Waals surface area contributed by atoms with Crippen LogP contribution in [0, 0.1) is 5.82 Å². The summed E-state index contributed by atoms with van der Waals surface area (Å²) in [6, 6.07) is 9.00. The highest BCUT2D eigenvalue weighted by Crippen LogP contribution is 2.15. The Bertz CT molecular complexity index is 797. The molecule has 0 atom stereocenters. The second-order valence-corrected chi connectivity index (χ2v) is 5.42. The predicted molar refractivity (Wildman–Crippen MR) is 88.6 cm³/mol. The van der Waals surface area contributed by atoms with Crippen LogP contribution in [0.25, 0.3) is 0 Å². The van der Waals surface area contributed by atoms with E-state index in [1.165, 1.54) is 24.3 Å². The maximum Gasteiger partial charge on any atom is 0.286 e. The Balaban J connectivity index is 1.42. The van der Waals surface area contributed by atoms with Crippen LogP contribution in [0.5, 0.6) is 5.75 Å². The number of benzene rings is 1. The second kappa shape index (κ2) is 8.14. The summed E-state index contributed by atoms with van der Waals surface area (Å²) in [5, 5.41) is 2.81. The normalized spacial score (nSPS) is 10.6. The molecule has 6 nitrogen and oxygen atoms in total. The van der Waals surface area contributed by atoms with Crippen molar-refractivity contribution >= 4 is 5.91 Å². The molecule has 0 aliphatic heterocycles. The zero-order chi connectivity index (χ0) is 17.5. The number of carbonyl (C=O) groups is 1. The van der Waals surface area contributed by atoms with E-state index in [4.69, 9.17) is 9.15 Å². The smallest absolute Gasteiger partial charge is 0.286 e. The van der Waals surface area contributed by atoms with E-state index >= 15 is 0 Å². The Hall–Kier alpha value is -3.09. The van der Waals surface area contributed by atoms with E-state index in [0.29, 0.717) is 18.1 Å². The molecule has 1 amide bonds. The molecule has 0 aliphatic carbocycles. The van der Waals surface area contributed by atoms with Crippen LogP contribution in [0.2, 0.25) is 0 Å². The Morgan fingerprint density at radius 1 is 1.24 bits per heavy atom. The lowest BCUT2D eigenvalue weighted by atomic mass is 10.3. The fourth-order valence-electron chi connectivity index (χ4n) is 2.23. The summed E-state index contributed by atoms with van der Waals surface area (Å²) in [5.41, 5.74) is 0. The Morgan fingerprint density at radius 3 is 2.84 bits per heavy atom. The molecule has 25 heavy (non-hydrogen) atoms. The minimum absolute atomic E-state index is 0.166. The fourth-order valence-corrected chi connectivity index (χ4v) is 2.23. The maximum absolute atomic E-state index is 12.8. The quantitative estimate of drug-likeness (QED) is 0.638. The van der Waals surface area contributed by atoms with Gasteiger partial charge >= 0.3 is 0 Å². The summed E-state index contributed by atoms with van der Waals surface area (Å²) in [6.07, 6.45) is 6.13. The minimum Gasteiger partial charge on any atom is -0.486 e. The zero-order valence-electron chi connectivity index (χ0n) is 13.5. The average Bonchev–Trinajstić information content (AvgIpc) is 3.30. The molecule has 0 bridgehead atoms. The van der Waals surface area contributed by atoms with Crippen LogP contribution in [-0.4, -0.2) is 22.0 Å². The van der Waals surface area contributed by atoms with Crippen molar-refractivity contribution in [2.75, 3.05) is 6.54 Å². The van der Waals surface area contributed by atoms with E-state index in [2.05, 4.69) is 10.3 Å². The number of nitrogens with one attached hydrogen (secondary N) is 1. The molecule has 0 fully saturated rings. The van der Waals surface area contributed by atoms with E-state index in [-0.39, 0.29) is 24.1 Å².